The first-order chi connectivity index (χ1) is 8.62. The van der Waals surface area contributed by atoms with Crippen molar-refractivity contribution in [3.05, 3.63) is 18.3 Å². The van der Waals surface area contributed by atoms with E-state index in [1.165, 1.54) is 0 Å². The molecule has 3 heteroatoms. The smallest absolute Gasteiger partial charge is 0.128 e. The van der Waals surface area contributed by atoms with Crippen molar-refractivity contribution in [3.8, 4) is 0 Å². The molecule has 1 N–H and O–H groups in total. The molecule has 0 aliphatic heterocycles. The zero-order valence-corrected chi connectivity index (χ0v) is 12.4. The van der Waals surface area contributed by atoms with E-state index in [2.05, 4.69) is 62.0 Å². The lowest BCUT2D eigenvalue weighted by atomic mass is 10.0. The van der Waals surface area contributed by atoms with Crippen LogP contribution >= 0.6 is 0 Å². The lowest BCUT2D eigenvalue weighted by Crippen LogP contribution is -2.25. The molecule has 0 spiro atoms. The molecule has 0 saturated heterocycles. The van der Waals surface area contributed by atoms with Gasteiger partial charge in [-0.2, -0.15) is 0 Å². The summed E-state index contributed by atoms with van der Waals surface area (Å²) in [6, 6.07) is 4.75. The standard InChI is InChI=1S/C15H27N3/c1-6-14(12(4)5)17-13-9-10-15(16-11-13)18(7-2)8-3/h9-12,14,17H,6-8H2,1-5H3. The highest BCUT2D eigenvalue weighted by Gasteiger charge is 2.11. The van der Waals surface area contributed by atoms with Gasteiger partial charge >= 0.3 is 0 Å². The van der Waals surface area contributed by atoms with Crippen LogP contribution in [0.5, 0.6) is 0 Å². The number of aromatic nitrogens is 1. The van der Waals surface area contributed by atoms with Gasteiger partial charge in [0.2, 0.25) is 0 Å². The van der Waals surface area contributed by atoms with Gasteiger partial charge < -0.3 is 10.2 Å². The fourth-order valence-electron chi connectivity index (χ4n) is 2.16. The molecular formula is C15H27N3. The monoisotopic (exact) mass is 249 g/mol. The van der Waals surface area contributed by atoms with Crippen molar-refractivity contribution in [2.45, 2.75) is 47.1 Å². The molecule has 1 heterocycles. The topological polar surface area (TPSA) is 28.2 Å². The third kappa shape index (κ3) is 3.90. The zero-order valence-electron chi connectivity index (χ0n) is 12.4. The molecule has 1 rings (SSSR count). The van der Waals surface area contributed by atoms with Crippen molar-refractivity contribution >= 4 is 11.5 Å². The van der Waals surface area contributed by atoms with E-state index < -0.39 is 0 Å². The normalized spacial score (nSPS) is 12.6. The summed E-state index contributed by atoms with van der Waals surface area (Å²) < 4.78 is 0. The van der Waals surface area contributed by atoms with Crippen LogP contribution in [0.2, 0.25) is 0 Å². The van der Waals surface area contributed by atoms with Crippen LogP contribution in [-0.2, 0) is 0 Å². The van der Waals surface area contributed by atoms with Gasteiger partial charge in [0.05, 0.1) is 11.9 Å². The van der Waals surface area contributed by atoms with E-state index in [9.17, 15) is 0 Å². The van der Waals surface area contributed by atoms with E-state index in [0.29, 0.717) is 12.0 Å². The first-order valence-electron chi connectivity index (χ1n) is 7.09. The molecule has 1 aromatic rings. The van der Waals surface area contributed by atoms with Crippen LogP contribution in [0.3, 0.4) is 0 Å². The summed E-state index contributed by atoms with van der Waals surface area (Å²) in [7, 11) is 0. The maximum absolute atomic E-state index is 4.53. The Balaban J connectivity index is 2.70. The number of nitrogens with one attached hydrogen (secondary N) is 1. The highest BCUT2D eigenvalue weighted by Crippen LogP contribution is 2.17. The average Bonchev–Trinajstić information content (AvgIpc) is 2.38. The Hall–Kier alpha value is -1.25. The van der Waals surface area contributed by atoms with Crippen molar-refractivity contribution < 1.29 is 0 Å². The molecule has 0 aliphatic rings. The number of anilines is 2. The Morgan fingerprint density at radius 2 is 1.83 bits per heavy atom. The minimum Gasteiger partial charge on any atom is -0.381 e. The molecule has 102 valence electrons. The van der Waals surface area contributed by atoms with Crippen molar-refractivity contribution in [2.24, 2.45) is 5.92 Å². The van der Waals surface area contributed by atoms with E-state index >= 15 is 0 Å². The summed E-state index contributed by atoms with van der Waals surface area (Å²) in [5, 5.41) is 3.55. The molecule has 0 saturated carbocycles. The third-order valence-electron chi connectivity index (χ3n) is 3.43. The summed E-state index contributed by atoms with van der Waals surface area (Å²) in [5.74, 6) is 1.70. The second-order valence-corrected chi connectivity index (χ2v) is 4.98. The van der Waals surface area contributed by atoms with Gasteiger partial charge in [-0.15, -0.1) is 0 Å². The zero-order chi connectivity index (χ0) is 13.5. The van der Waals surface area contributed by atoms with E-state index in [0.717, 1.165) is 31.0 Å². The number of hydrogen-bond acceptors (Lipinski definition) is 3. The molecule has 0 aromatic carbocycles. The van der Waals surface area contributed by atoms with Crippen molar-refractivity contribution in [1.82, 2.24) is 4.98 Å². The maximum atomic E-state index is 4.53. The van der Waals surface area contributed by atoms with Crippen LogP contribution in [0, 0.1) is 5.92 Å². The van der Waals surface area contributed by atoms with Crippen LogP contribution in [-0.4, -0.2) is 24.1 Å². The molecular weight excluding hydrogens is 222 g/mol. The fourth-order valence-corrected chi connectivity index (χ4v) is 2.16. The third-order valence-corrected chi connectivity index (χ3v) is 3.43. The number of pyridine rings is 1. The Morgan fingerprint density at radius 1 is 1.17 bits per heavy atom. The number of rotatable bonds is 7. The first-order valence-corrected chi connectivity index (χ1v) is 7.09. The van der Waals surface area contributed by atoms with Gasteiger partial charge in [0.25, 0.3) is 0 Å². The van der Waals surface area contributed by atoms with Crippen LogP contribution < -0.4 is 10.2 Å². The molecule has 1 unspecified atom stereocenters. The van der Waals surface area contributed by atoms with Crippen molar-refractivity contribution in [3.63, 3.8) is 0 Å². The molecule has 0 radical (unpaired) electrons. The molecule has 18 heavy (non-hydrogen) atoms. The first kappa shape index (κ1) is 14.8. The second kappa shape index (κ2) is 7.24. The molecule has 0 amide bonds. The van der Waals surface area contributed by atoms with Gasteiger partial charge in [-0.3, -0.25) is 0 Å². The van der Waals surface area contributed by atoms with Gasteiger partial charge in [0.15, 0.2) is 0 Å². The van der Waals surface area contributed by atoms with Crippen molar-refractivity contribution in [2.75, 3.05) is 23.3 Å². The Morgan fingerprint density at radius 3 is 2.22 bits per heavy atom. The van der Waals surface area contributed by atoms with Gasteiger partial charge in [-0.25, -0.2) is 4.98 Å². The lowest BCUT2D eigenvalue weighted by molar-refractivity contribution is 0.511. The number of hydrogen-bond donors (Lipinski definition) is 1. The quantitative estimate of drug-likeness (QED) is 0.797. The summed E-state index contributed by atoms with van der Waals surface area (Å²) in [6.45, 7) is 13.0. The second-order valence-electron chi connectivity index (χ2n) is 4.98. The SMILES string of the molecule is CCC(Nc1ccc(N(CC)CC)nc1)C(C)C. The van der Waals surface area contributed by atoms with Gasteiger partial charge in [-0.05, 0) is 38.3 Å². The summed E-state index contributed by atoms with van der Waals surface area (Å²) in [4.78, 5) is 6.78. The lowest BCUT2D eigenvalue weighted by Gasteiger charge is -2.23. The van der Waals surface area contributed by atoms with Crippen LogP contribution in [0.25, 0.3) is 0 Å². The number of nitrogens with zero attached hydrogens (tertiary/aromatic N) is 2. The van der Waals surface area contributed by atoms with Gasteiger partial charge in [-0.1, -0.05) is 20.8 Å². The predicted molar refractivity (Wildman–Crippen MR) is 80.3 cm³/mol. The van der Waals surface area contributed by atoms with E-state index in [1.54, 1.807) is 0 Å². The molecule has 0 fully saturated rings. The fraction of sp³-hybridized carbons (Fsp3) is 0.667. The molecule has 1 aromatic heterocycles. The largest absolute Gasteiger partial charge is 0.381 e. The Labute approximate surface area is 112 Å². The Kier molecular flexibility index (Phi) is 5.96. The molecule has 0 aliphatic carbocycles. The maximum Gasteiger partial charge on any atom is 0.128 e. The summed E-state index contributed by atoms with van der Waals surface area (Å²) in [5.41, 5.74) is 1.12. The van der Waals surface area contributed by atoms with Crippen molar-refractivity contribution in [1.29, 1.82) is 0 Å². The predicted octanol–water partition coefficient (Wildman–Crippen LogP) is 3.77. The highest BCUT2D eigenvalue weighted by atomic mass is 15.2. The molecule has 0 bridgehead atoms. The van der Waals surface area contributed by atoms with Crippen LogP contribution in [0.1, 0.15) is 41.0 Å². The summed E-state index contributed by atoms with van der Waals surface area (Å²) in [6.07, 6.45) is 3.08. The minimum absolute atomic E-state index is 0.520. The highest BCUT2D eigenvalue weighted by molar-refractivity contribution is 5.49. The summed E-state index contributed by atoms with van der Waals surface area (Å²) >= 11 is 0. The molecule has 3 nitrogen and oxygen atoms in total. The molecule has 1 atom stereocenters. The van der Waals surface area contributed by atoms with Gasteiger partial charge in [0, 0.05) is 19.1 Å². The van der Waals surface area contributed by atoms with E-state index in [-0.39, 0.29) is 0 Å². The minimum atomic E-state index is 0.520. The van der Waals surface area contributed by atoms with E-state index in [4.69, 9.17) is 0 Å². The van der Waals surface area contributed by atoms with Crippen LogP contribution in [0.4, 0.5) is 11.5 Å². The van der Waals surface area contributed by atoms with Crippen LogP contribution in [0.15, 0.2) is 18.3 Å². The Bertz CT molecular complexity index is 328. The van der Waals surface area contributed by atoms with Gasteiger partial charge in [0.1, 0.15) is 5.82 Å². The van der Waals surface area contributed by atoms with E-state index in [1.807, 2.05) is 6.20 Å². The average molecular weight is 249 g/mol.